The van der Waals surface area contributed by atoms with E-state index in [4.69, 9.17) is 4.74 Å². The summed E-state index contributed by atoms with van der Waals surface area (Å²) in [6.07, 6.45) is 2.62. The fraction of sp³-hybridized carbons (Fsp3) is 0.565. The Hall–Kier alpha value is -2.16. The molecule has 2 fully saturated rings. The number of thiazole rings is 1. The molecule has 2 amide bonds. The van der Waals surface area contributed by atoms with E-state index in [1.807, 2.05) is 29.3 Å². The second kappa shape index (κ2) is 9.97. The topological polar surface area (TPSA) is 60.9 Å². The van der Waals surface area contributed by atoms with Gasteiger partial charge in [-0.3, -0.25) is 10.2 Å². The number of amides is 2. The van der Waals surface area contributed by atoms with Crippen molar-refractivity contribution in [3.05, 3.63) is 29.1 Å². The predicted octanol–water partition coefficient (Wildman–Crippen LogP) is 3.62. The predicted molar refractivity (Wildman–Crippen MR) is 126 cm³/mol. The van der Waals surface area contributed by atoms with Gasteiger partial charge in [-0.25, -0.2) is 9.78 Å². The molecule has 3 heterocycles. The normalized spacial score (nSPS) is 20.6. The second-order valence-electron chi connectivity index (χ2n) is 8.73. The van der Waals surface area contributed by atoms with Crippen LogP contribution in [0, 0.1) is 12.8 Å². The molecular formula is C23H33N5O2S. The summed E-state index contributed by atoms with van der Waals surface area (Å²) in [7, 11) is 3.88. The minimum Gasteiger partial charge on any atom is -0.496 e. The fourth-order valence-corrected chi connectivity index (χ4v) is 5.27. The van der Waals surface area contributed by atoms with Gasteiger partial charge in [-0.1, -0.05) is 11.6 Å². The lowest BCUT2D eigenvalue weighted by Gasteiger charge is -2.38. The number of piperazine rings is 1. The van der Waals surface area contributed by atoms with Crippen molar-refractivity contribution in [3.8, 4) is 17.0 Å². The van der Waals surface area contributed by atoms with Crippen LogP contribution < -0.4 is 10.1 Å². The van der Waals surface area contributed by atoms with E-state index in [0.717, 1.165) is 61.2 Å². The van der Waals surface area contributed by atoms with Gasteiger partial charge in [0.2, 0.25) is 0 Å². The Morgan fingerprint density at radius 3 is 2.81 bits per heavy atom. The lowest BCUT2D eigenvalue weighted by Crippen LogP contribution is -2.51. The number of ether oxygens (including phenoxy) is 1. The first-order chi connectivity index (χ1) is 15.0. The van der Waals surface area contributed by atoms with Crippen LogP contribution in [0.15, 0.2) is 23.6 Å². The minimum atomic E-state index is -0.0610. The van der Waals surface area contributed by atoms with Crippen LogP contribution >= 0.6 is 11.3 Å². The van der Waals surface area contributed by atoms with E-state index in [9.17, 15) is 4.79 Å². The molecule has 1 atom stereocenters. The van der Waals surface area contributed by atoms with Crippen molar-refractivity contribution in [1.29, 1.82) is 0 Å². The van der Waals surface area contributed by atoms with Crippen LogP contribution in [-0.4, -0.2) is 85.7 Å². The van der Waals surface area contributed by atoms with Crippen molar-refractivity contribution in [2.24, 2.45) is 5.92 Å². The number of aromatic nitrogens is 1. The Bertz CT molecular complexity index is 894. The number of urea groups is 1. The quantitative estimate of drug-likeness (QED) is 0.765. The SMILES string of the molecule is COc1ccc(C)cc1-c1csc(NC(=O)N2CCN(CC3CCCN(C)C3)CC2)n1. The molecule has 8 heteroatoms. The lowest BCUT2D eigenvalue weighted by molar-refractivity contribution is 0.109. The Morgan fingerprint density at radius 1 is 1.26 bits per heavy atom. The molecule has 0 bridgehead atoms. The van der Waals surface area contributed by atoms with Gasteiger partial charge in [0.1, 0.15) is 5.75 Å². The number of piperidine rings is 1. The molecule has 0 spiro atoms. The number of benzene rings is 1. The smallest absolute Gasteiger partial charge is 0.323 e. The maximum Gasteiger partial charge on any atom is 0.323 e. The minimum absolute atomic E-state index is 0.0610. The number of nitrogens with one attached hydrogen (secondary N) is 1. The number of carbonyl (C=O) groups excluding carboxylic acids is 1. The highest BCUT2D eigenvalue weighted by Gasteiger charge is 2.25. The summed E-state index contributed by atoms with van der Waals surface area (Å²) < 4.78 is 5.47. The number of methoxy groups -OCH3 is 1. The fourth-order valence-electron chi connectivity index (χ4n) is 4.57. The van der Waals surface area contributed by atoms with Crippen molar-refractivity contribution in [2.75, 3.05) is 65.3 Å². The zero-order valence-corrected chi connectivity index (χ0v) is 19.6. The van der Waals surface area contributed by atoms with Crippen LogP contribution in [0.5, 0.6) is 5.75 Å². The van der Waals surface area contributed by atoms with Gasteiger partial charge in [-0.05, 0) is 51.4 Å². The van der Waals surface area contributed by atoms with E-state index in [-0.39, 0.29) is 6.03 Å². The number of hydrogen-bond acceptors (Lipinski definition) is 6. The monoisotopic (exact) mass is 443 g/mol. The van der Waals surface area contributed by atoms with Gasteiger partial charge in [0.15, 0.2) is 5.13 Å². The molecule has 2 aliphatic rings. The first-order valence-corrected chi connectivity index (χ1v) is 12.0. The van der Waals surface area contributed by atoms with Gasteiger partial charge in [-0.15, -0.1) is 11.3 Å². The molecule has 2 aromatic rings. The maximum atomic E-state index is 12.8. The van der Waals surface area contributed by atoms with Crippen molar-refractivity contribution < 1.29 is 9.53 Å². The van der Waals surface area contributed by atoms with Crippen LogP contribution in [0.3, 0.4) is 0 Å². The third kappa shape index (κ3) is 5.56. The van der Waals surface area contributed by atoms with Gasteiger partial charge >= 0.3 is 6.03 Å². The summed E-state index contributed by atoms with van der Waals surface area (Å²) in [5, 5.41) is 5.57. The summed E-state index contributed by atoms with van der Waals surface area (Å²) in [5.74, 6) is 1.54. The van der Waals surface area contributed by atoms with Crippen molar-refractivity contribution in [1.82, 2.24) is 19.7 Å². The number of likely N-dealkylation sites (tertiary alicyclic amines) is 1. The number of aryl methyl sites for hydroxylation is 1. The van der Waals surface area contributed by atoms with E-state index in [1.54, 1.807) is 7.11 Å². The Balaban J connectivity index is 1.29. The van der Waals surface area contributed by atoms with E-state index in [0.29, 0.717) is 5.13 Å². The number of rotatable bonds is 5. The van der Waals surface area contributed by atoms with Crippen LogP contribution in [0.4, 0.5) is 9.93 Å². The van der Waals surface area contributed by atoms with E-state index in [1.165, 1.54) is 37.3 Å². The maximum absolute atomic E-state index is 12.8. The summed E-state index contributed by atoms with van der Waals surface area (Å²) in [4.78, 5) is 24.2. The summed E-state index contributed by atoms with van der Waals surface area (Å²) in [6, 6.07) is 5.97. The molecule has 1 N–H and O–H groups in total. The van der Waals surface area contributed by atoms with Crippen molar-refractivity contribution in [2.45, 2.75) is 19.8 Å². The summed E-state index contributed by atoms with van der Waals surface area (Å²) >= 11 is 1.45. The Labute approximate surface area is 189 Å². The number of anilines is 1. The highest BCUT2D eigenvalue weighted by atomic mass is 32.1. The molecule has 2 saturated heterocycles. The number of carbonyl (C=O) groups is 1. The number of nitrogens with zero attached hydrogens (tertiary/aromatic N) is 4. The molecule has 1 unspecified atom stereocenters. The Kier molecular flexibility index (Phi) is 7.09. The average molecular weight is 444 g/mol. The van der Waals surface area contributed by atoms with E-state index < -0.39 is 0 Å². The number of hydrogen-bond donors (Lipinski definition) is 1. The molecule has 1 aromatic carbocycles. The van der Waals surface area contributed by atoms with Gasteiger partial charge in [-0.2, -0.15) is 0 Å². The molecule has 4 rings (SSSR count). The van der Waals surface area contributed by atoms with Crippen LogP contribution in [-0.2, 0) is 0 Å². The van der Waals surface area contributed by atoms with Gasteiger partial charge < -0.3 is 14.5 Å². The standard InChI is InChI=1S/C23H33N5O2S/c1-17-6-7-21(30-3)19(13-17)20-16-31-22(24-20)25-23(29)28-11-9-27(10-12-28)15-18-5-4-8-26(2)14-18/h6-7,13,16,18H,4-5,8-12,14-15H2,1-3H3,(H,24,25,29). The molecular weight excluding hydrogens is 410 g/mol. The molecule has 168 valence electrons. The Morgan fingerprint density at radius 2 is 2.06 bits per heavy atom. The second-order valence-corrected chi connectivity index (χ2v) is 9.59. The van der Waals surface area contributed by atoms with Crippen molar-refractivity contribution >= 4 is 22.5 Å². The van der Waals surface area contributed by atoms with Gasteiger partial charge in [0, 0.05) is 50.2 Å². The zero-order valence-electron chi connectivity index (χ0n) is 18.8. The molecule has 7 nitrogen and oxygen atoms in total. The van der Waals surface area contributed by atoms with Gasteiger partial charge in [0.25, 0.3) is 0 Å². The molecule has 0 aliphatic carbocycles. The first kappa shape index (κ1) is 22.0. The van der Waals surface area contributed by atoms with Crippen LogP contribution in [0.1, 0.15) is 18.4 Å². The summed E-state index contributed by atoms with van der Waals surface area (Å²) in [6.45, 7) is 9.02. The molecule has 1 aromatic heterocycles. The third-order valence-corrected chi connectivity index (χ3v) is 7.00. The van der Waals surface area contributed by atoms with E-state index in [2.05, 4.69) is 33.2 Å². The zero-order chi connectivity index (χ0) is 21.8. The largest absolute Gasteiger partial charge is 0.496 e. The molecule has 0 saturated carbocycles. The lowest BCUT2D eigenvalue weighted by atomic mass is 9.97. The average Bonchev–Trinajstić information content (AvgIpc) is 3.22. The van der Waals surface area contributed by atoms with Crippen molar-refractivity contribution in [3.63, 3.8) is 0 Å². The first-order valence-electron chi connectivity index (χ1n) is 11.1. The summed E-state index contributed by atoms with van der Waals surface area (Å²) in [5.41, 5.74) is 2.91. The molecule has 2 aliphatic heterocycles. The third-order valence-electron chi connectivity index (χ3n) is 6.25. The molecule has 0 radical (unpaired) electrons. The highest BCUT2D eigenvalue weighted by Crippen LogP contribution is 2.33. The van der Waals surface area contributed by atoms with Gasteiger partial charge in [0.05, 0.1) is 12.8 Å². The van der Waals surface area contributed by atoms with Crippen LogP contribution in [0.2, 0.25) is 0 Å². The van der Waals surface area contributed by atoms with Crippen LogP contribution in [0.25, 0.3) is 11.3 Å². The van der Waals surface area contributed by atoms with E-state index >= 15 is 0 Å². The highest BCUT2D eigenvalue weighted by molar-refractivity contribution is 7.14. The molecule has 31 heavy (non-hydrogen) atoms.